The minimum absolute atomic E-state index is 0.141. The van der Waals surface area contributed by atoms with E-state index in [1.807, 2.05) is 44.2 Å². The lowest BCUT2D eigenvalue weighted by Gasteiger charge is -2.40. The second kappa shape index (κ2) is 14.9. The summed E-state index contributed by atoms with van der Waals surface area (Å²) in [5.74, 6) is -2.29. The minimum Gasteiger partial charge on any atom is -0.458 e. The molecule has 11 heteroatoms. The Labute approximate surface area is 267 Å². The number of ether oxygens (including phenoxy) is 1. The van der Waals surface area contributed by atoms with Crippen LogP contribution in [0.15, 0.2) is 78.0 Å². The van der Waals surface area contributed by atoms with E-state index in [1.54, 1.807) is 30.3 Å². The zero-order chi connectivity index (χ0) is 31.7. The van der Waals surface area contributed by atoms with Gasteiger partial charge in [-0.25, -0.2) is 4.98 Å². The molecule has 1 unspecified atom stereocenters. The van der Waals surface area contributed by atoms with Gasteiger partial charge in [-0.15, -0.1) is 0 Å². The van der Waals surface area contributed by atoms with Gasteiger partial charge in [0.15, 0.2) is 10.8 Å². The van der Waals surface area contributed by atoms with Crippen LogP contribution in [0.5, 0.6) is 0 Å². The van der Waals surface area contributed by atoms with Crippen LogP contribution in [0.3, 0.4) is 0 Å². The van der Waals surface area contributed by atoms with E-state index in [-0.39, 0.29) is 40.7 Å². The number of halogens is 1. The Kier molecular flexibility index (Phi) is 11.3. The first-order chi connectivity index (χ1) is 21.1. The van der Waals surface area contributed by atoms with E-state index >= 15 is 0 Å². The molecule has 2 heterocycles. The molecule has 1 saturated heterocycles. The number of aryl methyl sites for hydroxylation is 1. The number of aromatic nitrogens is 1. The van der Waals surface area contributed by atoms with Crippen LogP contribution in [0.25, 0.3) is 0 Å². The van der Waals surface area contributed by atoms with Gasteiger partial charge >= 0.3 is 5.97 Å². The van der Waals surface area contributed by atoms with Crippen molar-refractivity contribution in [1.29, 1.82) is 0 Å². The van der Waals surface area contributed by atoms with E-state index in [0.717, 1.165) is 12.0 Å². The van der Waals surface area contributed by atoms with E-state index in [1.165, 1.54) is 12.3 Å². The number of benzene rings is 2. The summed E-state index contributed by atoms with van der Waals surface area (Å²) in [5.41, 5.74) is 1.91. The number of rotatable bonds is 14. The molecular weight excluding hydrogens is 646 g/mol. The van der Waals surface area contributed by atoms with Gasteiger partial charge in [0.05, 0.1) is 5.33 Å². The Morgan fingerprint density at radius 1 is 1.05 bits per heavy atom. The first-order valence-electron chi connectivity index (χ1n) is 14.8. The van der Waals surface area contributed by atoms with Crippen molar-refractivity contribution in [2.24, 2.45) is 5.92 Å². The van der Waals surface area contributed by atoms with Gasteiger partial charge in [-0.1, -0.05) is 84.7 Å². The normalized spacial score (nSPS) is 19.2. The third kappa shape index (κ3) is 8.32. The van der Waals surface area contributed by atoms with Crippen molar-refractivity contribution in [3.8, 4) is 0 Å². The molecule has 1 aliphatic heterocycles. The molecule has 1 amide bonds. The number of pyridine rings is 1. The molecule has 234 valence electrons. The highest BCUT2D eigenvalue weighted by molar-refractivity contribution is 9.09. The topological polar surface area (TPSA) is 132 Å². The predicted molar refractivity (Wildman–Crippen MR) is 172 cm³/mol. The maximum atomic E-state index is 13.7. The number of Topliss-reactive ketones (excluding diaryl/α,β-unsaturated/α-hetero) is 1. The summed E-state index contributed by atoms with van der Waals surface area (Å²) in [6, 6.07) is 19.7. The van der Waals surface area contributed by atoms with E-state index in [0.29, 0.717) is 36.8 Å². The van der Waals surface area contributed by atoms with Crippen molar-refractivity contribution in [3.05, 3.63) is 89.6 Å². The predicted octanol–water partition coefficient (Wildman–Crippen LogP) is 5.69. The third-order valence-corrected chi connectivity index (χ3v) is 9.73. The Morgan fingerprint density at radius 2 is 1.82 bits per heavy atom. The molecule has 1 aromatic heterocycles. The molecule has 0 aliphatic carbocycles. The number of nitrogens with zero attached hydrogens (tertiary/aromatic N) is 1. The number of carbonyl (C=O) groups excluding carboxylic acids is 3. The van der Waals surface area contributed by atoms with E-state index in [9.17, 15) is 22.8 Å². The van der Waals surface area contributed by atoms with Crippen molar-refractivity contribution in [1.82, 2.24) is 10.3 Å². The van der Waals surface area contributed by atoms with Crippen molar-refractivity contribution in [2.75, 3.05) is 10.1 Å². The molecular formula is C33H38BrN3O6S. The molecule has 2 N–H and O–H groups in total. The van der Waals surface area contributed by atoms with Crippen LogP contribution in [0.4, 0.5) is 5.69 Å². The molecule has 3 atom stereocenters. The number of hydrogen-bond donors (Lipinski definition) is 2. The van der Waals surface area contributed by atoms with Gasteiger partial charge in [0.1, 0.15) is 11.5 Å². The molecule has 2 aromatic carbocycles. The summed E-state index contributed by atoms with van der Waals surface area (Å²) in [5, 5.41) is 2.66. The number of hydrogen-bond acceptors (Lipinski definition) is 7. The Bertz CT molecular complexity index is 1550. The number of esters is 1. The number of cyclic esters (lactones) is 1. The SMILES string of the molecule is CCC[C@@]1(CCc2ccccc2)CC(=O)C([C@H](CC)c2cccc(NS(=O)(=O)c3ccc(CNC(=O)CBr)cn3)c2)C(=O)O1. The van der Waals surface area contributed by atoms with Gasteiger partial charge in [0.25, 0.3) is 10.0 Å². The van der Waals surface area contributed by atoms with Crippen LogP contribution in [0, 0.1) is 5.92 Å². The average Bonchev–Trinajstić information content (AvgIpc) is 3.01. The maximum absolute atomic E-state index is 13.7. The van der Waals surface area contributed by atoms with Gasteiger partial charge in [-0.05, 0) is 60.6 Å². The number of sulfonamides is 1. The van der Waals surface area contributed by atoms with Crippen LogP contribution in [0.2, 0.25) is 0 Å². The smallest absolute Gasteiger partial charge is 0.317 e. The van der Waals surface area contributed by atoms with Crippen LogP contribution >= 0.6 is 15.9 Å². The first-order valence-corrected chi connectivity index (χ1v) is 17.4. The van der Waals surface area contributed by atoms with Gasteiger partial charge in [0, 0.05) is 30.8 Å². The summed E-state index contributed by atoms with van der Waals surface area (Å²) in [4.78, 5) is 42.7. The van der Waals surface area contributed by atoms with Crippen LogP contribution in [0.1, 0.15) is 68.6 Å². The van der Waals surface area contributed by atoms with Crippen LogP contribution < -0.4 is 10.0 Å². The molecule has 0 bridgehead atoms. The second-order valence-corrected chi connectivity index (χ2v) is 13.3. The second-order valence-electron chi connectivity index (χ2n) is 11.1. The van der Waals surface area contributed by atoms with E-state index < -0.39 is 33.4 Å². The highest BCUT2D eigenvalue weighted by atomic mass is 79.9. The number of nitrogens with one attached hydrogen (secondary N) is 2. The lowest BCUT2D eigenvalue weighted by molar-refractivity contribution is -0.180. The molecule has 1 fully saturated rings. The molecule has 4 rings (SSSR count). The van der Waals surface area contributed by atoms with Gasteiger partial charge in [0.2, 0.25) is 5.91 Å². The van der Waals surface area contributed by atoms with Gasteiger partial charge in [-0.3, -0.25) is 19.1 Å². The molecule has 3 aromatic rings. The van der Waals surface area contributed by atoms with Crippen molar-refractivity contribution < 1.29 is 27.5 Å². The van der Waals surface area contributed by atoms with Gasteiger partial charge < -0.3 is 10.1 Å². The standard InChI is InChI=1S/C33H38BrN3O6S/c1-3-16-33(17-15-23-9-6-5-7-10-23)19-28(38)31(32(40)43-33)27(4-2)25-11-8-12-26(18-25)37-44(41,42)30-14-13-24(22-36-30)21-35-29(39)20-34/h5-14,18,22,27,31,37H,3-4,15-17,19-21H2,1-2H3,(H,35,39)/t27-,31?,33-/m1/s1. The fraction of sp³-hybridized carbons (Fsp3) is 0.394. The Morgan fingerprint density at radius 3 is 2.45 bits per heavy atom. The van der Waals surface area contributed by atoms with Crippen molar-refractivity contribution in [2.45, 2.75) is 75.5 Å². The number of alkyl halides is 1. The van der Waals surface area contributed by atoms with Crippen molar-refractivity contribution >= 4 is 49.3 Å². The molecule has 1 aliphatic rings. The van der Waals surface area contributed by atoms with Crippen LogP contribution in [-0.4, -0.2) is 42.0 Å². The monoisotopic (exact) mass is 683 g/mol. The van der Waals surface area contributed by atoms with Gasteiger partial charge in [-0.2, -0.15) is 8.42 Å². The molecule has 44 heavy (non-hydrogen) atoms. The lowest BCUT2D eigenvalue weighted by Crippen LogP contribution is -2.49. The summed E-state index contributed by atoms with van der Waals surface area (Å²) < 4.78 is 34.9. The maximum Gasteiger partial charge on any atom is 0.317 e. The zero-order valence-corrected chi connectivity index (χ0v) is 27.3. The minimum atomic E-state index is -4.03. The highest BCUT2D eigenvalue weighted by Crippen LogP contribution is 2.41. The number of anilines is 1. The first kappa shape index (κ1) is 33.3. The number of amides is 1. The highest BCUT2D eigenvalue weighted by Gasteiger charge is 2.48. The summed E-state index contributed by atoms with van der Waals surface area (Å²) in [6.07, 6.45) is 4.71. The Hall–Kier alpha value is -3.57. The molecule has 9 nitrogen and oxygen atoms in total. The average molecular weight is 685 g/mol. The van der Waals surface area contributed by atoms with Crippen LogP contribution in [-0.2, 0) is 42.1 Å². The Balaban J connectivity index is 1.48. The summed E-state index contributed by atoms with van der Waals surface area (Å²) in [6.45, 7) is 4.14. The quantitative estimate of drug-likeness (QED) is 0.127. The third-order valence-electron chi connectivity index (χ3n) is 7.93. The molecule has 0 radical (unpaired) electrons. The summed E-state index contributed by atoms with van der Waals surface area (Å²) >= 11 is 3.07. The molecule has 0 saturated carbocycles. The molecule has 0 spiro atoms. The van der Waals surface area contributed by atoms with Crippen molar-refractivity contribution in [3.63, 3.8) is 0 Å². The van der Waals surface area contributed by atoms with E-state index in [2.05, 4.69) is 31.0 Å². The fourth-order valence-corrected chi connectivity index (χ4v) is 6.94. The fourth-order valence-electron chi connectivity index (χ4n) is 5.76. The lowest BCUT2D eigenvalue weighted by atomic mass is 9.74. The zero-order valence-electron chi connectivity index (χ0n) is 24.9. The number of carbonyl (C=O) groups is 3. The summed E-state index contributed by atoms with van der Waals surface area (Å²) in [7, 11) is -4.03. The number of ketones is 1. The van der Waals surface area contributed by atoms with E-state index in [4.69, 9.17) is 4.74 Å². The largest absolute Gasteiger partial charge is 0.458 e.